The van der Waals surface area contributed by atoms with Crippen LogP contribution in [0.5, 0.6) is 5.75 Å². The summed E-state index contributed by atoms with van der Waals surface area (Å²) in [6.45, 7) is 5.61. The van der Waals surface area contributed by atoms with Crippen LogP contribution in [0.4, 0.5) is 0 Å². The molecule has 0 radical (unpaired) electrons. The fourth-order valence-electron chi connectivity index (χ4n) is 0.833. The molecule has 0 aliphatic rings. The van der Waals surface area contributed by atoms with E-state index in [0.717, 1.165) is 0 Å². The molecular formula is C10H15NO3. The van der Waals surface area contributed by atoms with Crippen molar-refractivity contribution in [3.8, 4) is 5.75 Å². The second-order valence-electron chi connectivity index (χ2n) is 2.28. The number of esters is 1. The maximum Gasteiger partial charge on any atom is 0.341 e. The molecule has 0 aliphatic carbocycles. The topological polar surface area (TPSA) is 59.4 Å². The minimum atomic E-state index is -0.557. The summed E-state index contributed by atoms with van der Waals surface area (Å²) < 4.78 is 4.45. The van der Waals surface area contributed by atoms with Gasteiger partial charge in [-0.2, -0.15) is 0 Å². The zero-order valence-electron chi connectivity index (χ0n) is 8.87. The van der Waals surface area contributed by atoms with E-state index in [-0.39, 0.29) is 11.3 Å². The Morgan fingerprint density at radius 1 is 1.50 bits per heavy atom. The fraction of sp³-hybridized carbons (Fsp3) is 0.400. The Morgan fingerprint density at radius 2 is 2.07 bits per heavy atom. The van der Waals surface area contributed by atoms with Crippen molar-refractivity contribution in [2.24, 2.45) is 0 Å². The maximum atomic E-state index is 11.0. The fourth-order valence-corrected chi connectivity index (χ4v) is 0.833. The molecule has 0 aromatic carbocycles. The van der Waals surface area contributed by atoms with Crippen molar-refractivity contribution < 1.29 is 14.6 Å². The minimum Gasteiger partial charge on any atom is -0.505 e. The van der Waals surface area contributed by atoms with Crippen LogP contribution in [-0.4, -0.2) is 23.2 Å². The van der Waals surface area contributed by atoms with Crippen molar-refractivity contribution in [2.75, 3.05) is 7.11 Å². The van der Waals surface area contributed by atoms with Crippen molar-refractivity contribution in [3.05, 3.63) is 23.5 Å². The first kappa shape index (κ1) is 12.4. The molecule has 0 bridgehead atoms. The first-order valence-corrected chi connectivity index (χ1v) is 4.39. The molecule has 0 atom stereocenters. The number of carbonyl (C=O) groups excluding carboxylic acids is 1. The summed E-state index contributed by atoms with van der Waals surface area (Å²) in [5.74, 6) is -0.678. The summed E-state index contributed by atoms with van der Waals surface area (Å²) in [4.78, 5) is 14.8. The van der Waals surface area contributed by atoms with Gasteiger partial charge in [-0.1, -0.05) is 13.8 Å². The van der Waals surface area contributed by atoms with E-state index >= 15 is 0 Å². The van der Waals surface area contributed by atoms with Crippen LogP contribution in [0, 0.1) is 6.92 Å². The third-order valence-corrected chi connectivity index (χ3v) is 1.51. The number of aryl methyl sites for hydroxylation is 1. The van der Waals surface area contributed by atoms with Crippen LogP contribution >= 0.6 is 0 Å². The predicted octanol–water partition coefficient (Wildman–Crippen LogP) is 1.91. The minimum absolute atomic E-state index is 0.121. The highest BCUT2D eigenvalue weighted by Gasteiger charge is 2.12. The molecule has 4 heteroatoms. The zero-order valence-corrected chi connectivity index (χ0v) is 8.87. The van der Waals surface area contributed by atoms with Gasteiger partial charge in [-0.05, 0) is 13.0 Å². The normalized spacial score (nSPS) is 8.57. The highest BCUT2D eigenvalue weighted by atomic mass is 16.5. The Kier molecular flexibility index (Phi) is 5.29. The van der Waals surface area contributed by atoms with Gasteiger partial charge in [0, 0.05) is 6.20 Å². The van der Waals surface area contributed by atoms with E-state index in [1.807, 2.05) is 13.8 Å². The lowest BCUT2D eigenvalue weighted by atomic mass is 10.2. The summed E-state index contributed by atoms with van der Waals surface area (Å²) >= 11 is 0. The quantitative estimate of drug-likeness (QED) is 0.698. The van der Waals surface area contributed by atoms with Crippen LogP contribution in [-0.2, 0) is 4.74 Å². The first-order chi connectivity index (χ1) is 6.66. The van der Waals surface area contributed by atoms with Crippen LogP contribution in [0.2, 0.25) is 0 Å². The van der Waals surface area contributed by atoms with Crippen LogP contribution < -0.4 is 0 Å². The number of pyridine rings is 1. The molecule has 1 N–H and O–H groups in total. The second kappa shape index (κ2) is 5.96. The number of rotatable bonds is 1. The van der Waals surface area contributed by atoms with Crippen LogP contribution in [0.1, 0.15) is 29.9 Å². The molecule has 4 nitrogen and oxygen atoms in total. The van der Waals surface area contributed by atoms with Gasteiger partial charge in [-0.3, -0.25) is 4.98 Å². The van der Waals surface area contributed by atoms with Gasteiger partial charge in [0.1, 0.15) is 5.56 Å². The van der Waals surface area contributed by atoms with Gasteiger partial charge in [0.25, 0.3) is 0 Å². The Bertz CT molecular complexity index is 310. The van der Waals surface area contributed by atoms with E-state index in [1.165, 1.54) is 19.4 Å². The number of methoxy groups -OCH3 is 1. The van der Waals surface area contributed by atoms with E-state index in [0.29, 0.717) is 5.69 Å². The third kappa shape index (κ3) is 2.73. The van der Waals surface area contributed by atoms with E-state index in [9.17, 15) is 9.90 Å². The molecule has 78 valence electrons. The van der Waals surface area contributed by atoms with Crippen LogP contribution in [0.25, 0.3) is 0 Å². The molecule has 0 amide bonds. The number of ether oxygens (including phenoxy) is 1. The number of aromatic nitrogens is 1. The highest BCUT2D eigenvalue weighted by Crippen LogP contribution is 2.19. The van der Waals surface area contributed by atoms with Gasteiger partial charge in [0.15, 0.2) is 5.75 Å². The average molecular weight is 197 g/mol. The molecule has 1 aromatic heterocycles. The standard InChI is InChI=1S/C8H9NO3.C2H6/c1-5-7(10)6(3-4-9-5)8(11)12-2;1-2/h3-4,10H,1-2H3;1-2H3. The Morgan fingerprint density at radius 3 is 2.57 bits per heavy atom. The lowest BCUT2D eigenvalue weighted by molar-refractivity contribution is 0.0597. The molecule has 0 fully saturated rings. The lowest BCUT2D eigenvalue weighted by Crippen LogP contribution is -2.02. The highest BCUT2D eigenvalue weighted by molar-refractivity contribution is 5.92. The van der Waals surface area contributed by atoms with Crippen molar-refractivity contribution in [1.29, 1.82) is 0 Å². The molecule has 1 heterocycles. The van der Waals surface area contributed by atoms with Crippen molar-refractivity contribution in [3.63, 3.8) is 0 Å². The zero-order chi connectivity index (χ0) is 11.1. The molecule has 0 aliphatic heterocycles. The summed E-state index contributed by atoms with van der Waals surface area (Å²) in [5, 5.41) is 9.34. The second-order valence-corrected chi connectivity index (χ2v) is 2.28. The summed E-state index contributed by atoms with van der Waals surface area (Å²) in [6.07, 6.45) is 1.45. The SMILES string of the molecule is CC.COC(=O)c1ccnc(C)c1O. The summed E-state index contributed by atoms with van der Waals surface area (Å²) in [5.41, 5.74) is 0.558. The molecule has 0 spiro atoms. The van der Waals surface area contributed by atoms with Crippen LogP contribution in [0.3, 0.4) is 0 Å². The predicted molar refractivity (Wildman–Crippen MR) is 53.3 cm³/mol. The number of hydrogen-bond acceptors (Lipinski definition) is 4. The van der Waals surface area contributed by atoms with E-state index in [4.69, 9.17) is 0 Å². The van der Waals surface area contributed by atoms with E-state index < -0.39 is 5.97 Å². The summed E-state index contributed by atoms with van der Waals surface area (Å²) in [6, 6.07) is 1.41. The smallest absolute Gasteiger partial charge is 0.341 e. The van der Waals surface area contributed by atoms with Crippen molar-refractivity contribution >= 4 is 5.97 Å². The van der Waals surface area contributed by atoms with E-state index in [2.05, 4.69) is 9.72 Å². The number of carbonyl (C=O) groups is 1. The number of hydrogen-bond donors (Lipinski definition) is 1. The monoisotopic (exact) mass is 197 g/mol. The van der Waals surface area contributed by atoms with Crippen molar-refractivity contribution in [2.45, 2.75) is 20.8 Å². The third-order valence-electron chi connectivity index (χ3n) is 1.51. The molecular weight excluding hydrogens is 182 g/mol. The number of aromatic hydroxyl groups is 1. The van der Waals surface area contributed by atoms with Crippen LogP contribution in [0.15, 0.2) is 12.3 Å². The maximum absolute atomic E-state index is 11.0. The van der Waals surface area contributed by atoms with Gasteiger partial charge in [0.05, 0.1) is 12.8 Å². The molecule has 0 saturated heterocycles. The largest absolute Gasteiger partial charge is 0.505 e. The van der Waals surface area contributed by atoms with Gasteiger partial charge >= 0.3 is 5.97 Å². The molecule has 14 heavy (non-hydrogen) atoms. The Hall–Kier alpha value is -1.58. The van der Waals surface area contributed by atoms with Gasteiger partial charge < -0.3 is 9.84 Å². The lowest BCUT2D eigenvalue weighted by Gasteiger charge is -2.02. The number of nitrogens with zero attached hydrogens (tertiary/aromatic N) is 1. The van der Waals surface area contributed by atoms with Gasteiger partial charge in [-0.15, -0.1) is 0 Å². The van der Waals surface area contributed by atoms with Gasteiger partial charge in [-0.25, -0.2) is 4.79 Å². The molecule has 1 rings (SSSR count). The first-order valence-electron chi connectivity index (χ1n) is 4.39. The Balaban J connectivity index is 0.000000791. The van der Waals surface area contributed by atoms with Gasteiger partial charge in [0.2, 0.25) is 0 Å². The molecule has 0 saturated carbocycles. The Labute approximate surface area is 83.6 Å². The molecule has 1 aromatic rings. The summed E-state index contributed by atoms with van der Waals surface area (Å²) in [7, 11) is 1.26. The average Bonchev–Trinajstić information content (AvgIpc) is 2.24. The van der Waals surface area contributed by atoms with Crippen molar-refractivity contribution in [1.82, 2.24) is 4.98 Å². The molecule has 0 unspecified atom stereocenters. The van der Waals surface area contributed by atoms with E-state index in [1.54, 1.807) is 6.92 Å².